The minimum Gasteiger partial charge on any atom is -0.462 e. The molecule has 2 atom stereocenters. The highest BCUT2D eigenvalue weighted by atomic mass is 31.2. The standard InChI is InChI=1S/C58H114NO8P/c1-3-5-7-9-11-13-15-17-19-21-22-23-24-25-26-27-28-29-30-31-32-33-35-36-38-40-42-44-46-48-50-57(60)64-54-56(55-66-68(62,63)65-53-52-59)67-58(61)51-49-47-45-43-41-39-37-34-20-18-16-14-12-10-8-6-4-2/h18,20,56H,3-17,19,21-55,59H2,1-2H3,(H,62,63)/b20-18-. The normalized spacial score (nSPS) is 13.1. The van der Waals surface area contributed by atoms with Crippen molar-refractivity contribution >= 4 is 19.8 Å². The van der Waals surface area contributed by atoms with Gasteiger partial charge in [-0.2, -0.15) is 0 Å². The number of carbonyl (C=O) groups excluding carboxylic acids is 2. The molecule has 10 heteroatoms. The Morgan fingerprint density at radius 2 is 0.721 bits per heavy atom. The molecule has 0 aromatic carbocycles. The maximum absolute atomic E-state index is 12.7. The topological polar surface area (TPSA) is 134 Å². The van der Waals surface area contributed by atoms with Crippen LogP contribution in [0.5, 0.6) is 0 Å². The van der Waals surface area contributed by atoms with Crippen LogP contribution in [-0.4, -0.2) is 49.3 Å². The molecule has 2 unspecified atom stereocenters. The number of phosphoric ester groups is 1. The zero-order valence-corrected chi connectivity index (χ0v) is 46.0. The van der Waals surface area contributed by atoms with Crippen LogP contribution in [-0.2, 0) is 32.7 Å². The lowest BCUT2D eigenvalue weighted by molar-refractivity contribution is -0.161. The number of hydrogen-bond donors (Lipinski definition) is 2. The van der Waals surface area contributed by atoms with E-state index < -0.39 is 26.5 Å². The van der Waals surface area contributed by atoms with E-state index in [4.69, 9.17) is 24.3 Å². The van der Waals surface area contributed by atoms with E-state index in [9.17, 15) is 19.0 Å². The Kier molecular flexibility index (Phi) is 54.1. The number of hydrogen-bond acceptors (Lipinski definition) is 8. The highest BCUT2D eigenvalue weighted by Gasteiger charge is 2.26. The molecule has 0 heterocycles. The maximum atomic E-state index is 12.7. The van der Waals surface area contributed by atoms with Gasteiger partial charge in [0.15, 0.2) is 6.10 Å². The molecule has 0 saturated carbocycles. The minimum atomic E-state index is -4.38. The molecule has 0 aliphatic rings. The fraction of sp³-hybridized carbons (Fsp3) is 0.931. The van der Waals surface area contributed by atoms with Crippen molar-refractivity contribution in [1.29, 1.82) is 0 Å². The summed E-state index contributed by atoms with van der Waals surface area (Å²) in [7, 11) is -4.38. The molecule has 0 amide bonds. The molecule has 0 aliphatic heterocycles. The third-order valence-electron chi connectivity index (χ3n) is 13.4. The van der Waals surface area contributed by atoms with Crippen LogP contribution in [0, 0.1) is 0 Å². The second kappa shape index (κ2) is 55.1. The van der Waals surface area contributed by atoms with Gasteiger partial charge in [-0.1, -0.05) is 276 Å². The number of rotatable bonds is 57. The van der Waals surface area contributed by atoms with Crippen molar-refractivity contribution in [3.63, 3.8) is 0 Å². The summed E-state index contributed by atoms with van der Waals surface area (Å²) in [6.07, 6.45) is 62.8. The Balaban J connectivity index is 3.84. The van der Waals surface area contributed by atoms with Crippen LogP contribution < -0.4 is 5.73 Å². The van der Waals surface area contributed by atoms with E-state index in [0.29, 0.717) is 6.42 Å². The van der Waals surface area contributed by atoms with E-state index in [1.54, 1.807) is 0 Å². The number of unbranched alkanes of at least 4 members (excludes halogenated alkanes) is 42. The summed E-state index contributed by atoms with van der Waals surface area (Å²) in [5.41, 5.74) is 5.38. The highest BCUT2D eigenvalue weighted by Crippen LogP contribution is 2.43. The van der Waals surface area contributed by atoms with E-state index in [1.807, 2.05) is 0 Å². The summed E-state index contributed by atoms with van der Waals surface area (Å²) in [6, 6.07) is 0. The molecule has 9 nitrogen and oxygen atoms in total. The highest BCUT2D eigenvalue weighted by molar-refractivity contribution is 7.47. The number of nitrogens with two attached hydrogens (primary N) is 1. The second-order valence-electron chi connectivity index (χ2n) is 20.2. The van der Waals surface area contributed by atoms with E-state index >= 15 is 0 Å². The van der Waals surface area contributed by atoms with Gasteiger partial charge in [0.1, 0.15) is 6.61 Å². The van der Waals surface area contributed by atoms with Crippen LogP contribution in [0.25, 0.3) is 0 Å². The van der Waals surface area contributed by atoms with Gasteiger partial charge >= 0.3 is 19.8 Å². The predicted octanol–water partition coefficient (Wildman–Crippen LogP) is 18.5. The van der Waals surface area contributed by atoms with Crippen molar-refractivity contribution in [2.24, 2.45) is 5.73 Å². The number of phosphoric acid groups is 1. The van der Waals surface area contributed by atoms with Crippen molar-refractivity contribution in [2.45, 2.75) is 322 Å². The molecule has 3 N–H and O–H groups in total. The van der Waals surface area contributed by atoms with Gasteiger partial charge in [0, 0.05) is 19.4 Å². The van der Waals surface area contributed by atoms with Crippen molar-refractivity contribution in [3.8, 4) is 0 Å². The molecular weight excluding hydrogens is 870 g/mol. The van der Waals surface area contributed by atoms with Crippen molar-refractivity contribution in [1.82, 2.24) is 0 Å². The van der Waals surface area contributed by atoms with Gasteiger partial charge in [0.05, 0.1) is 13.2 Å². The molecule has 0 saturated heterocycles. The minimum absolute atomic E-state index is 0.0559. The molecule has 0 aromatic heterocycles. The van der Waals surface area contributed by atoms with Crippen LogP contribution in [0.3, 0.4) is 0 Å². The van der Waals surface area contributed by atoms with E-state index in [0.717, 1.165) is 44.9 Å². The summed E-state index contributed by atoms with van der Waals surface area (Å²) >= 11 is 0. The lowest BCUT2D eigenvalue weighted by Gasteiger charge is -2.19. The third-order valence-corrected chi connectivity index (χ3v) is 14.4. The monoisotopic (exact) mass is 984 g/mol. The summed E-state index contributed by atoms with van der Waals surface area (Å²) in [5, 5.41) is 0. The smallest absolute Gasteiger partial charge is 0.462 e. The Morgan fingerprint density at radius 1 is 0.426 bits per heavy atom. The lowest BCUT2D eigenvalue weighted by atomic mass is 10.0. The number of esters is 2. The first-order valence-corrected chi connectivity index (χ1v) is 31.2. The summed E-state index contributed by atoms with van der Waals surface area (Å²) < 4.78 is 33.0. The molecule has 0 aromatic rings. The van der Waals surface area contributed by atoms with E-state index in [1.165, 1.54) is 238 Å². The maximum Gasteiger partial charge on any atom is 0.472 e. The number of allylic oxidation sites excluding steroid dienone is 2. The average Bonchev–Trinajstić information content (AvgIpc) is 3.33. The van der Waals surface area contributed by atoms with Gasteiger partial charge in [-0.15, -0.1) is 0 Å². The van der Waals surface area contributed by atoms with Crippen molar-refractivity contribution in [2.75, 3.05) is 26.4 Å². The quantitative estimate of drug-likeness (QED) is 0.0264. The first-order chi connectivity index (χ1) is 33.3. The molecule has 0 radical (unpaired) electrons. The molecular formula is C58H114NO8P. The number of carbonyl (C=O) groups is 2. The molecule has 0 spiro atoms. The summed E-state index contributed by atoms with van der Waals surface area (Å²) in [6.45, 7) is 3.79. The first-order valence-electron chi connectivity index (χ1n) is 29.7. The van der Waals surface area contributed by atoms with Gasteiger partial charge in [-0.05, 0) is 38.5 Å². The Morgan fingerprint density at radius 3 is 1.04 bits per heavy atom. The van der Waals surface area contributed by atoms with Crippen molar-refractivity contribution < 1.29 is 37.6 Å². The Bertz CT molecular complexity index is 1120. The third kappa shape index (κ3) is 54.1. The van der Waals surface area contributed by atoms with Crippen LogP contribution in [0.2, 0.25) is 0 Å². The van der Waals surface area contributed by atoms with Gasteiger partial charge in [-0.3, -0.25) is 18.6 Å². The zero-order valence-electron chi connectivity index (χ0n) is 45.1. The fourth-order valence-electron chi connectivity index (χ4n) is 8.99. The molecule has 0 aliphatic carbocycles. The molecule has 68 heavy (non-hydrogen) atoms. The Hall–Kier alpha value is -1.25. The predicted molar refractivity (Wildman–Crippen MR) is 289 cm³/mol. The van der Waals surface area contributed by atoms with Gasteiger partial charge < -0.3 is 20.1 Å². The summed E-state index contributed by atoms with van der Waals surface area (Å²) in [5.74, 6) is -0.814. The molecule has 0 bridgehead atoms. The summed E-state index contributed by atoms with van der Waals surface area (Å²) in [4.78, 5) is 35.1. The van der Waals surface area contributed by atoms with E-state index in [2.05, 4.69) is 26.0 Å². The first kappa shape index (κ1) is 66.8. The Labute approximate surface area is 421 Å². The molecule has 0 fully saturated rings. The molecule has 404 valence electrons. The second-order valence-corrected chi connectivity index (χ2v) is 21.7. The average molecular weight is 985 g/mol. The van der Waals surface area contributed by atoms with Gasteiger partial charge in [0.25, 0.3) is 0 Å². The van der Waals surface area contributed by atoms with E-state index in [-0.39, 0.29) is 38.6 Å². The molecule has 0 rings (SSSR count). The van der Waals surface area contributed by atoms with Crippen LogP contribution >= 0.6 is 7.82 Å². The largest absolute Gasteiger partial charge is 0.472 e. The lowest BCUT2D eigenvalue weighted by Crippen LogP contribution is -2.29. The van der Waals surface area contributed by atoms with Gasteiger partial charge in [0.2, 0.25) is 0 Å². The van der Waals surface area contributed by atoms with Crippen LogP contribution in [0.1, 0.15) is 316 Å². The SMILES string of the molecule is CCCCCCCC/C=C\CCCCCCCCCC(=O)OC(COC(=O)CCCCCCCCCCCCCCCCCCCCCCCCCCCCCCCC)COP(=O)(O)OCCN. The van der Waals surface area contributed by atoms with Crippen LogP contribution in [0.4, 0.5) is 0 Å². The van der Waals surface area contributed by atoms with Crippen LogP contribution in [0.15, 0.2) is 12.2 Å². The van der Waals surface area contributed by atoms with Crippen molar-refractivity contribution in [3.05, 3.63) is 12.2 Å². The fourth-order valence-corrected chi connectivity index (χ4v) is 9.75. The zero-order chi connectivity index (χ0) is 49.5. The van der Waals surface area contributed by atoms with Gasteiger partial charge in [-0.25, -0.2) is 4.57 Å². The number of ether oxygens (including phenoxy) is 2.